The highest BCUT2D eigenvalue weighted by molar-refractivity contribution is 5.63. The monoisotopic (exact) mass is 326 g/mol. The van der Waals surface area contributed by atoms with Crippen molar-refractivity contribution in [2.45, 2.75) is 25.4 Å². The summed E-state index contributed by atoms with van der Waals surface area (Å²) in [6, 6.07) is 18.6. The van der Waals surface area contributed by atoms with Crippen LogP contribution in [0.2, 0.25) is 0 Å². The van der Waals surface area contributed by atoms with Gasteiger partial charge in [-0.15, -0.1) is 0 Å². The fraction of sp³-hybridized carbons (Fsp3) is 0.429. The zero-order chi connectivity index (χ0) is 17.4. The normalized spacial score (nSPS) is 13.9. The first kappa shape index (κ1) is 18.7. The van der Waals surface area contributed by atoms with Crippen LogP contribution < -0.4 is 5.32 Å². The third-order valence-corrected chi connectivity index (χ3v) is 4.36. The Hall–Kier alpha value is -1.68. The molecule has 130 valence electrons. The Morgan fingerprint density at radius 3 is 2.17 bits per heavy atom. The quantitative estimate of drug-likeness (QED) is 0.693. The summed E-state index contributed by atoms with van der Waals surface area (Å²) in [5.74, 6) is 0. The lowest BCUT2D eigenvalue weighted by molar-refractivity contribution is 0.0480. The van der Waals surface area contributed by atoms with E-state index in [1.54, 1.807) is 0 Å². The predicted octanol–water partition coefficient (Wildman–Crippen LogP) is 3.49. The van der Waals surface area contributed by atoms with Gasteiger partial charge >= 0.3 is 0 Å². The Bertz CT molecular complexity index is 591. The Morgan fingerprint density at radius 2 is 1.54 bits per heavy atom. The summed E-state index contributed by atoms with van der Waals surface area (Å²) in [7, 11) is 4.17. The van der Waals surface area contributed by atoms with Gasteiger partial charge in [-0.3, -0.25) is 0 Å². The van der Waals surface area contributed by atoms with Gasteiger partial charge in [-0.1, -0.05) is 54.6 Å². The molecule has 0 aliphatic carbocycles. The molecule has 0 bridgehead atoms. The zero-order valence-corrected chi connectivity index (χ0v) is 15.1. The highest BCUT2D eigenvalue weighted by atomic mass is 16.3. The maximum absolute atomic E-state index is 10.7. The lowest BCUT2D eigenvalue weighted by Gasteiger charge is -2.24. The Labute approximate surface area is 146 Å². The standard InChI is InChI=1S/C21H30N2O/c1-21(24,14-16-22-15-7-17-23(2)3)20-12-10-19(11-13-20)18-8-5-4-6-9-18/h4-6,8-13,22,24H,7,14-17H2,1-3H3. The summed E-state index contributed by atoms with van der Waals surface area (Å²) in [6.45, 7) is 4.79. The summed E-state index contributed by atoms with van der Waals surface area (Å²) < 4.78 is 0. The zero-order valence-electron chi connectivity index (χ0n) is 15.1. The number of hydrogen-bond acceptors (Lipinski definition) is 3. The van der Waals surface area contributed by atoms with Crippen LogP contribution in [-0.4, -0.2) is 43.7 Å². The van der Waals surface area contributed by atoms with E-state index in [1.807, 2.05) is 37.3 Å². The largest absolute Gasteiger partial charge is 0.385 e. The van der Waals surface area contributed by atoms with Gasteiger partial charge in [-0.2, -0.15) is 0 Å². The van der Waals surface area contributed by atoms with E-state index in [4.69, 9.17) is 0 Å². The Kier molecular flexibility index (Phi) is 6.98. The van der Waals surface area contributed by atoms with Gasteiger partial charge in [0.05, 0.1) is 5.60 Å². The molecule has 0 spiro atoms. The first-order valence-electron chi connectivity index (χ1n) is 8.73. The first-order valence-corrected chi connectivity index (χ1v) is 8.73. The molecular formula is C21H30N2O. The smallest absolute Gasteiger partial charge is 0.0880 e. The van der Waals surface area contributed by atoms with Crippen LogP contribution in [0.3, 0.4) is 0 Å². The molecule has 2 aromatic rings. The number of benzene rings is 2. The molecule has 0 fully saturated rings. The second kappa shape index (κ2) is 8.97. The van der Waals surface area contributed by atoms with E-state index in [0.717, 1.165) is 31.6 Å². The molecule has 3 heteroatoms. The SMILES string of the molecule is CN(C)CCCNCCC(C)(O)c1ccc(-c2ccccc2)cc1. The predicted molar refractivity (Wildman–Crippen MR) is 102 cm³/mol. The summed E-state index contributed by atoms with van der Waals surface area (Å²) in [5.41, 5.74) is 2.55. The minimum atomic E-state index is -0.802. The second-order valence-electron chi connectivity index (χ2n) is 6.87. The van der Waals surface area contributed by atoms with Gasteiger partial charge in [-0.25, -0.2) is 0 Å². The molecule has 0 aromatic heterocycles. The van der Waals surface area contributed by atoms with E-state index in [9.17, 15) is 5.11 Å². The van der Waals surface area contributed by atoms with E-state index in [0.29, 0.717) is 6.42 Å². The molecule has 2 N–H and O–H groups in total. The molecule has 1 atom stereocenters. The van der Waals surface area contributed by atoms with Crippen molar-refractivity contribution in [2.24, 2.45) is 0 Å². The van der Waals surface area contributed by atoms with Crippen LogP contribution >= 0.6 is 0 Å². The van der Waals surface area contributed by atoms with Crippen LogP contribution in [0.15, 0.2) is 54.6 Å². The number of nitrogens with one attached hydrogen (secondary N) is 1. The van der Waals surface area contributed by atoms with E-state index < -0.39 is 5.60 Å². The molecule has 0 aliphatic rings. The fourth-order valence-electron chi connectivity index (χ4n) is 2.77. The topological polar surface area (TPSA) is 35.5 Å². The van der Waals surface area contributed by atoms with Crippen molar-refractivity contribution in [1.82, 2.24) is 10.2 Å². The molecule has 0 amide bonds. The molecular weight excluding hydrogens is 296 g/mol. The van der Waals surface area contributed by atoms with Crippen molar-refractivity contribution in [3.05, 3.63) is 60.2 Å². The lowest BCUT2D eigenvalue weighted by atomic mass is 9.91. The number of aliphatic hydroxyl groups is 1. The molecule has 0 radical (unpaired) electrons. The molecule has 2 aromatic carbocycles. The molecule has 0 saturated heterocycles. The van der Waals surface area contributed by atoms with Crippen molar-refractivity contribution in [3.63, 3.8) is 0 Å². The van der Waals surface area contributed by atoms with Gasteiger partial charge in [0.1, 0.15) is 0 Å². The molecule has 3 nitrogen and oxygen atoms in total. The van der Waals surface area contributed by atoms with Crippen molar-refractivity contribution in [2.75, 3.05) is 33.7 Å². The van der Waals surface area contributed by atoms with Gasteiger partial charge in [0, 0.05) is 0 Å². The van der Waals surface area contributed by atoms with Crippen molar-refractivity contribution in [3.8, 4) is 11.1 Å². The third-order valence-electron chi connectivity index (χ3n) is 4.36. The minimum Gasteiger partial charge on any atom is -0.385 e. The highest BCUT2D eigenvalue weighted by Crippen LogP contribution is 2.27. The summed E-state index contributed by atoms with van der Waals surface area (Å²) in [6.07, 6.45) is 1.83. The maximum Gasteiger partial charge on any atom is 0.0880 e. The fourth-order valence-corrected chi connectivity index (χ4v) is 2.77. The van der Waals surface area contributed by atoms with E-state index in [-0.39, 0.29) is 0 Å². The number of nitrogens with zero attached hydrogens (tertiary/aromatic N) is 1. The van der Waals surface area contributed by atoms with Crippen LogP contribution in [0.4, 0.5) is 0 Å². The van der Waals surface area contributed by atoms with Crippen molar-refractivity contribution < 1.29 is 5.11 Å². The summed E-state index contributed by atoms with van der Waals surface area (Å²) >= 11 is 0. The second-order valence-corrected chi connectivity index (χ2v) is 6.87. The average molecular weight is 326 g/mol. The van der Waals surface area contributed by atoms with Gasteiger partial charge in [0.25, 0.3) is 0 Å². The van der Waals surface area contributed by atoms with E-state index in [1.165, 1.54) is 11.1 Å². The maximum atomic E-state index is 10.7. The minimum absolute atomic E-state index is 0.708. The number of rotatable bonds is 9. The summed E-state index contributed by atoms with van der Waals surface area (Å²) in [4.78, 5) is 2.19. The Morgan fingerprint density at radius 1 is 0.917 bits per heavy atom. The molecule has 24 heavy (non-hydrogen) atoms. The molecule has 0 aliphatic heterocycles. The van der Waals surface area contributed by atoms with Gasteiger partial charge in [0.2, 0.25) is 0 Å². The van der Waals surface area contributed by atoms with Crippen LogP contribution in [0.25, 0.3) is 11.1 Å². The Balaban J connectivity index is 1.85. The average Bonchev–Trinajstić information content (AvgIpc) is 2.58. The first-order chi connectivity index (χ1) is 11.5. The van der Waals surface area contributed by atoms with Crippen LogP contribution in [0.1, 0.15) is 25.3 Å². The van der Waals surface area contributed by atoms with Crippen molar-refractivity contribution in [1.29, 1.82) is 0 Å². The number of hydrogen-bond donors (Lipinski definition) is 2. The van der Waals surface area contributed by atoms with Gasteiger partial charge in [0.15, 0.2) is 0 Å². The molecule has 0 heterocycles. The summed E-state index contributed by atoms with van der Waals surface area (Å²) in [5, 5.41) is 14.2. The van der Waals surface area contributed by atoms with Crippen LogP contribution in [0.5, 0.6) is 0 Å². The van der Waals surface area contributed by atoms with Gasteiger partial charge in [-0.05, 0) is 70.2 Å². The molecule has 2 rings (SSSR count). The third kappa shape index (κ3) is 5.75. The van der Waals surface area contributed by atoms with E-state index >= 15 is 0 Å². The molecule has 0 saturated carbocycles. The van der Waals surface area contributed by atoms with E-state index in [2.05, 4.69) is 48.6 Å². The highest BCUT2D eigenvalue weighted by Gasteiger charge is 2.22. The van der Waals surface area contributed by atoms with Crippen molar-refractivity contribution >= 4 is 0 Å². The van der Waals surface area contributed by atoms with Gasteiger partial charge < -0.3 is 15.3 Å². The van der Waals surface area contributed by atoms with Crippen LogP contribution in [-0.2, 0) is 5.60 Å². The lowest BCUT2D eigenvalue weighted by Crippen LogP contribution is -2.29. The molecule has 1 unspecified atom stereocenters. The van der Waals surface area contributed by atoms with Crippen LogP contribution in [0, 0.1) is 0 Å².